The minimum absolute atomic E-state index is 0.0720. The summed E-state index contributed by atoms with van der Waals surface area (Å²) in [4.78, 5) is 0.124. The van der Waals surface area contributed by atoms with Gasteiger partial charge in [-0.15, -0.1) is 0 Å². The van der Waals surface area contributed by atoms with E-state index in [2.05, 4.69) is 9.82 Å². The van der Waals surface area contributed by atoms with Crippen LogP contribution in [-0.4, -0.2) is 48.0 Å². The van der Waals surface area contributed by atoms with Crippen molar-refractivity contribution in [1.82, 2.24) is 14.5 Å². The number of aliphatic hydroxyl groups excluding tert-OH is 1. The summed E-state index contributed by atoms with van der Waals surface area (Å²) in [5.41, 5.74) is 0. The average molecular weight is 279 g/mol. The van der Waals surface area contributed by atoms with Crippen LogP contribution in [0.25, 0.3) is 0 Å². The lowest BCUT2D eigenvalue weighted by Crippen LogP contribution is -2.34. The zero-order valence-electron chi connectivity index (χ0n) is 9.83. The normalized spacial score (nSPS) is 13.8. The van der Waals surface area contributed by atoms with Gasteiger partial charge in [0.15, 0.2) is 0 Å². The molecular formula is C9H17N3O3S2. The van der Waals surface area contributed by atoms with Gasteiger partial charge in [-0.1, -0.05) is 0 Å². The van der Waals surface area contributed by atoms with Crippen molar-refractivity contribution in [2.45, 2.75) is 24.4 Å². The van der Waals surface area contributed by atoms with Crippen molar-refractivity contribution in [3.63, 3.8) is 0 Å². The van der Waals surface area contributed by atoms with Crippen molar-refractivity contribution in [3.8, 4) is 0 Å². The highest BCUT2D eigenvalue weighted by Gasteiger charge is 2.18. The molecule has 0 aliphatic heterocycles. The minimum Gasteiger partial charge on any atom is -0.394 e. The molecule has 1 aromatic rings. The second-order valence-electron chi connectivity index (χ2n) is 3.64. The minimum atomic E-state index is -3.51. The van der Waals surface area contributed by atoms with E-state index in [1.54, 1.807) is 11.8 Å². The zero-order valence-corrected chi connectivity index (χ0v) is 11.5. The Balaban J connectivity index is 2.75. The van der Waals surface area contributed by atoms with E-state index in [0.717, 1.165) is 0 Å². The maximum Gasteiger partial charge on any atom is 0.243 e. The standard InChI is InChI=1S/C9H17N3O3S2/c1-8(7-16-2)11-17(14,15)9-5-10-12(6-9)3-4-13/h5-6,8,11,13H,3-4,7H2,1-2H3. The van der Waals surface area contributed by atoms with Crippen LogP contribution >= 0.6 is 11.8 Å². The van der Waals surface area contributed by atoms with E-state index in [9.17, 15) is 8.42 Å². The van der Waals surface area contributed by atoms with Crippen molar-refractivity contribution in [3.05, 3.63) is 12.4 Å². The molecule has 0 aromatic carbocycles. The number of hydrogen-bond donors (Lipinski definition) is 2. The van der Waals surface area contributed by atoms with E-state index in [-0.39, 0.29) is 24.1 Å². The van der Waals surface area contributed by atoms with Crippen LogP contribution in [0.2, 0.25) is 0 Å². The molecule has 98 valence electrons. The van der Waals surface area contributed by atoms with E-state index in [1.165, 1.54) is 17.1 Å². The first-order chi connectivity index (χ1) is 7.99. The second kappa shape index (κ2) is 6.39. The van der Waals surface area contributed by atoms with Gasteiger partial charge in [0.05, 0.1) is 19.3 Å². The van der Waals surface area contributed by atoms with Crippen LogP contribution in [0.4, 0.5) is 0 Å². The van der Waals surface area contributed by atoms with Crippen LogP contribution in [0, 0.1) is 0 Å². The van der Waals surface area contributed by atoms with Crippen LogP contribution in [0.15, 0.2) is 17.3 Å². The molecule has 6 nitrogen and oxygen atoms in total. The lowest BCUT2D eigenvalue weighted by atomic mass is 10.4. The van der Waals surface area contributed by atoms with Crippen molar-refractivity contribution >= 4 is 21.8 Å². The van der Waals surface area contributed by atoms with E-state index in [4.69, 9.17) is 5.11 Å². The summed E-state index contributed by atoms with van der Waals surface area (Å²) in [6, 6.07) is -0.129. The molecular weight excluding hydrogens is 262 g/mol. The molecule has 1 aromatic heterocycles. The first kappa shape index (κ1) is 14.5. The van der Waals surface area contributed by atoms with Gasteiger partial charge in [-0.25, -0.2) is 13.1 Å². The number of sulfonamides is 1. The van der Waals surface area contributed by atoms with Crippen LogP contribution < -0.4 is 4.72 Å². The van der Waals surface area contributed by atoms with Gasteiger partial charge in [0.25, 0.3) is 0 Å². The Morgan fingerprint density at radius 2 is 2.35 bits per heavy atom. The lowest BCUT2D eigenvalue weighted by Gasteiger charge is -2.11. The van der Waals surface area contributed by atoms with Gasteiger partial charge in [0.2, 0.25) is 10.0 Å². The van der Waals surface area contributed by atoms with Crippen molar-refractivity contribution < 1.29 is 13.5 Å². The number of nitrogens with one attached hydrogen (secondary N) is 1. The van der Waals surface area contributed by atoms with E-state index in [0.29, 0.717) is 5.75 Å². The zero-order chi connectivity index (χ0) is 12.9. The molecule has 1 unspecified atom stereocenters. The Bertz CT molecular complexity index is 444. The molecule has 1 heterocycles. The van der Waals surface area contributed by atoms with Crippen LogP contribution in [0.1, 0.15) is 6.92 Å². The first-order valence-electron chi connectivity index (χ1n) is 5.14. The van der Waals surface area contributed by atoms with Gasteiger partial charge in [-0.2, -0.15) is 16.9 Å². The van der Waals surface area contributed by atoms with Crippen molar-refractivity contribution in [2.24, 2.45) is 0 Å². The third kappa shape index (κ3) is 4.30. The second-order valence-corrected chi connectivity index (χ2v) is 6.27. The number of hydrogen-bond acceptors (Lipinski definition) is 5. The monoisotopic (exact) mass is 279 g/mol. The highest BCUT2D eigenvalue weighted by Crippen LogP contribution is 2.08. The lowest BCUT2D eigenvalue weighted by molar-refractivity contribution is 0.269. The van der Waals surface area contributed by atoms with Crippen molar-refractivity contribution in [1.29, 1.82) is 0 Å². The average Bonchev–Trinajstić information content (AvgIpc) is 2.67. The molecule has 0 aliphatic rings. The number of thioether (sulfide) groups is 1. The fourth-order valence-corrected chi connectivity index (χ4v) is 3.21. The maximum absolute atomic E-state index is 11.9. The summed E-state index contributed by atoms with van der Waals surface area (Å²) in [5, 5.41) is 12.6. The third-order valence-electron chi connectivity index (χ3n) is 2.02. The first-order valence-corrected chi connectivity index (χ1v) is 8.02. The van der Waals surface area contributed by atoms with E-state index < -0.39 is 10.0 Å². The Kier molecular flexibility index (Phi) is 5.44. The molecule has 17 heavy (non-hydrogen) atoms. The molecule has 1 rings (SSSR count). The fraction of sp³-hybridized carbons (Fsp3) is 0.667. The number of aromatic nitrogens is 2. The van der Waals surface area contributed by atoms with Gasteiger partial charge in [0.1, 0.15) is 4.90 Å². The molecule has 8 heteroatoms. The summed E-state index contributed by atoms with van der Waals surface area (Å²) in [7, 11) is -3.51. The van der Waals surface area contributed by atoms with Gasteiger partial charge < -0.3 is 5.11 Å². The largest absolute Gasteiger partial charge is 0.394 e. The molecule has 1 atom stereocenters. The van der Waals surface area contributed by atoms with Gasteiger partial charge >= 0.3 is 0 Å². The summed E-state index contributed by atoms with van der Waals surface area (Å²) in [6.07, 6.45) is 4.61. The Labute approximate surface area is 105 Å². The SMILES string of the molecule is CSCC(C)NS(=O)(=O)c1cnn(CCO)c1. The van der Waals surface area contributed by atoms with Crippen LogP contribution in [0.5, 0.6) is 0 Å². The maximum atomic E-state index is 11.9. The molecule has 0 fully saturated rings. The van der Waals surface area contributed by atoms with E-state index >= 15 is 0 Å². The Morgan fingerprint density at radius 1 is 1.65 bits per heavy atom. The molecule has 0 aliphatic carbocycles. The predicted octanol–water partition coefficient (Wildman–Crippen LogP) is -0.0948. The smallest absolute Gasteiger partial charge is 0.243 e. The molecule has 0 bridgehead atoms. The van der Waals surface area contributed by atoms with E-state index in [1.807, 2.05) is 13.2 Å². The molecule has 0 saturated heterocycles. The highest BCUT2D eigenvalue weighted by atomic mass is 32.2. The Morgan fingerprint density at radius 3 is 2.94 bits per heavy atom. The molecule has 0 saturated carbocycles. The van der Waals surface area contributed by atoms with Crippen molar-refractivity contribution in [2.75, 3.05) is 18.6 Å². The molecule has 0 amide bonds. The Hall–Kier alpha value is -0.570. The summed E-state index contributed by atoms with van der Waals surface area (Å²) in [5.74, 6) is 0.712. The van der Waals surface area contributed by atoms with Gasteiger partial charge in [0, 0.05) is 18.0 Å². The number of rotatable bonds is 7. The summed E-state index contributed by atoms with van der Waals surface area (Å²) in [6.45, 7) is 2.03. The quantitative estimate of drug-likeness (QED) is 0.728. The van der Waals surface area contributed by atoms with Crippen LogP contribution in [-0.2, 0) is 16.6 Å². The number of aliphatic hydroxyl groups is 1. The topological polar surface area (TPSA) is 84.2 Å². The molecule has 0 radical (unpaired) electrons. The fourth-order valence-electron chi connectivity index (χ4n) is 1.33. The van der Waals surface area contributed by atoms with Crippen LogP contribution in [0.3, 0.4) is 0 Å². The molecule has 0 spiro atoms. The highest BCUT2D eigenvalue weighted by molar-refractivity contribution is 7.98. The summed E-state index contributed by atoms with van der Waals surface area (Å²) < 4.78 is 27.8. The van der Waals surface area contributed by atoms with Gasteiger partial charge in [-0.3, -0.25) is 4.68 Å². The molecule has 2 N–H and O–H groups in total. The van der Waals surface area contributed by atoms with Gasteiger partial charge in [-0.05, 0) is 13.2 Å². The third-order valence-corrected chi connectivity index (χ3v) is 4.40. The summed E-state index contributed by atoms with van der Waals surface area (Å²) >= 11 is 1.58. The number of nitrogens with zero attached hydrogens (tertiary/aromatic N) is 2. The predicted molar refractivity (Wildman–Crippen MR) is 67.5 cm³/mol.